The van der Waals surface area contributed by atoms with Crippen molar-refractivity contribution in [1.82, 2.24) is 9.55 Å². The van der Waals surface area contributed by atoms with Crippen molar-refractivity contribution in [2.45, 2.75) is 117 Å². The maximum Gasteiger partial charge on any atom is 0.200 e. The number of imidazole rings is 1. The molecule has 0 saturated heterocycles. The molecule has 3 heteroatoms. The van der Waals surface area contributed by atoms with Crippen LogP contribution >= 0.6 is 0 Å². The second kappa shape index (κ2) is 14.4. The zero-order valence-corrected chi connectivity index (χ0v) is 16.4. The molecule has 0 radical (unpaired) electrons. The van der Waals surface area contributed by atoms with Crippen LogP contribution in [0.15, 0.2) is 6.20 Å². The molecule has 0 amide bonds. The zero-order valence-electron chi connectivity index (χ0n) is 16.4. The number of aryl methyl sites for hydroxylation is 1. The van der Waals surface area contributed by atoms with Gasteiger partial charge in [0, 0.05) is 12.2 Å². The smallest absolute Gasteiger partial charge is 0.200 e. The molecule has 1 aromatic rings. The SMILES string of the molecule is CCCCCCCCCCCCn1c(CCCCCC)cnc1N. The largest absolute Gasteiger partial charge is 0.369 e. The summed E-state index contributed by atoms with van der Waals surface area (Å²) in [7, 11) is 0. The summed E-state index contributed by atoms with van der Waals surface area (Å²) in [5.41, 5.74) is 7.38. The van der Waals surface area contributed by atoms with E-state index < -0.39 is 0 Å². The monoisotopic (exact) mass is 335 g/mol. The molecule has 0 fully saturated rings. The molecule has 0 aromatic carbocycles. The van der Waals surface area contributed by atoms with Crippen LogP contribution in [-0.2, 0) is 13.0 Å². The quantitative estimate of drug-likeness (QED) is 0.350. The predicted octanol–water partition coefficient (Wildman–Crippen LogP) is 6.51. The van der Waals surface area contributed by atoms with Gasteiger partial charge in [-0.2, -0.15) is 0 Å². The molecule has 0 saturated carbocycles. The first-order chi connectivity index (χ1) is 11.8. The predicted molar refractivity (Wildman–Crippen MR) is 106 cm³/mol. The van der Waals surface area contributed by atoms with Gasteiger partial charge in [-0.05, 0) is 19.3 Å². The summed E-state index contributed by atoms with van der Waals surface area (Å²) < 4.78 is 2.25. The summed E-state index contributed by atoms with van der Waals surface area (Å²) in [4.78, 5) is 4.32. The minimum absolute atomic E-state index is 0.705. The lowest BCUT2D eigenvalue weighted by Gasteiger charge is -2.10. The number of hydrogen-bond donors (Lipinski definition) is 1. The number of unbranched alkanes of at least 4 members (excludes halogenated alkanes) is 12. The molecule has 24 heavy (non-hydrogen) atoms. The van der Waals surface area contributed by atoms with Crippen LogP contribution < -0.4 is 5.73 Å². The van der Waals surface area contributed by atoms with Crippen molar-refractivity contribution < 1.29 is 0 Å². The average molecular weight is 336 g/mol. The van der Waals surface area contributed by atoms with E-state index in [-0.39, 0.29) is 0 Å². The summed E-state index contributed by atoms with van der Waals surface area (Å²) in [5, 5.41) is 0. The Morgan fingerprint density at radius 3 is 1.83 bits per heavy atom. The van der Waals surface area contributed by atoms with E-state index in [1.807, 2.05) is 6.20 Å². The number of rotatable bonds is 16. The van der Waals surface area contributed by atoms with Crippen molar-refractivity contribution in [3.8, 4) is 0 Å². The lowest BCUT2D eigenvalue weighted by atomic mass is 10.1. The Morgan fingerprint density at radius 2 is 1.25 bits per heavy atom. The number of hydrogen-bond acceptors (Lipinski definition) is 2. The molecule has 1 aromatic heterocycles. The number of nitrogen functional groups attached to an aromatic ring is 1. The molecule has 0 bridgehead atoms. The molecular formula is C21H41N3. The number of anilines is 1. The van der Waals surface area contributed by atoms with E-state index in [1.54, 1.807) is 0 Å². The molecule has 2 N–H and O–H groups in total. The van der Waals surface area contributed by atoms with Gasteiger partial charge in [-0.25, -0.2) is 4.98 Å². The first-order valence-electron chi connectivity index (χ1n) is 10.6. The van der Waals surface area contributed by atoms with Gasteiger partial charge in [0.25, 0.3) is 0 Å². The Balaban J connectivity index is 2.08. The topological polar surface area (TPSA) is 43.8 Å². The van der Waals surface area contributed by atoms with Gasteiger partial charge in [0.2, 0.25) is 0 Å². The van der Waals surface area contributed by atoms with Gasteiger partial charge in [-0.15, -0.1) is 0 Å². The molecule has 140 valence electrons. The normalized spacial score (nSPS) is 11.2. The maximum atomic E-state index is 6.04. The first kappa shape index (κ1) is 21.1. The lowest BCUT2D eigenvalue weighted by Crippen LogP contribution is -2.07. The summed E-state index contributed by atoms with van der Waals surface area (Å²) in [6, 6.07) is 0. The van der Waals surface area contributed by atoms with Crippen molar-refractivity contribution in [3.05, 3.63) is 11.9 Å². The number of nitrogens with zero attached hydrogens (tertiary/aromatic N) is 2. The van der Waals surface area contributed by atoms with Gasteiger partial charge in [0.05, 0.1) is 6.20 Å². The Bertz CT molecular complexity index is 398. The summed E-state index contributed by atoms with van der Waals surface area (Å²) >= 11 is 0. The highest BCUT2D eigenvalue weighted by molar-refractivity contribution is 5.22. The van der Waals surface area contributed by atoms with Crippen LogP contribution in [0.3, 0.4) is 0 Å². The third kappa shape index (κ3) is 9.34. The third-order valence-electron chi connectivity index (χ3n) is 4.99. The van der Waals surface area contributed by atoms with Crippen LogP contribution in [-0.4, -0.2) is 9.55 Å². The minimum Gasteiger partial charge on any atom is -0.369 e. The second-order valence-electron chi connectivity index (χ2n) is 7.25. The van der Waals surface area contributed by atoms with Gasteiger partial charge >= 0.3 is 0 Å². The van der Waals surface area contributed by atoms with Crippen LogP contribution in [0.1, 0.15) is 109 Å². The van der Waals surface area contributed by atoms with E-state index in [9.17, 15) is 0 Å². The van der Waals surface area contributed by atoms with Gasteiger partial charge < -0.3 is 10.3 Å². The molecule has 1 heterocycles. The Kier molecular flexibility index (Phi) is 12.6. The summed E-state index contributed by atoms with van der Waals surface area (Å²) in [6.07, 6.45) is 22.1. The Morgan fingerprint density at radius 1 is 0.750 bits per heavy atom. The van der Waals surface area contributed by atoms with E-state index in [1.165, 1.54) is 95.6 Å². The maximum absolute atomic E-state index is 6.04. The summed E-state index contributed by atoms with van der Waals surface area (Å²) in [6.45, 7) is 5.59. The van der Waals surface area contributed by atoms with Crippen LogP contribution in [0.5, 0.6) is 0 Å². The van der Waals surface area contributed by atoms with Crippen molar-refractivity contribution in [2.24, 2.45) is 0 Å². The van der Waals surface area contributed by atoms with Crippen LogP contribution in [0.4, 0.5) is 5.95 Å². The minimum atomic E-state index is 0.705. The van der Waals surface area contributed by atoms with Crippen molar-refractivity contribution >= 4 is 5.95 Å². The molecule has 0 atom stereocenters. The summed E-state index contributed by atoms with van der Waals surface area (Å²) in [5.74, 6) is 0.705. The van der Waals surface area contributed by atoms with Gasteiger partial charge in [-0.3, -0.25) is 0 Å². The number of aromatic nitrogens is 2. The fourth-order valence-electron chi connectivity index (χ4n) is 3.38. The van der Waals surface area contributed by atoms with E-state index in [0.717, 1.165) is 13.0 Å². The van der Waals surface area contributed by atoms with Gasteiger partial charge in [0.1, 0.15) is 0 Å². The molecule has 0 aliphatic heterocycles. The molecule has 0 aliphatic carbocycles. The van der Waals surface area contributed by atoms with E-state index in [4.69, 9.17) is 5.73 Å². The molecule has 0 unspecified atom stereocenters. The van der Waals surface area contributed by atoms with Gasteiger partial charge in [0.15, 0.2) is 5.95 Å². The van der Waals surface area contributed by atoms with E-state index in [2.05, 4.69) is 23.4 Å². The van der Waals surface area contributed by atoms with Gasteiger partial charge in [-0.1, -0.05) is 90.9 Å². The van der Waals surface area contributed by atoms with Crippen LogP contribution in [0.2, 0.25) is 0 Å². The highest BCUT2D eigenvalue weighted by atomic mass is 15.1. The van der Waals surface area contributed by atoms with Crippen LogP contribution in [0.25, 0.3) is 0 Å². The van der Waals surface area contributed by atoms with Crippen LogP contribution in [0, 0.1) is 0 Å². The van der Waals surface area contributed by atoms with E-state index >= 15 is 0 Å². The highest BCUT2D eigenvalue weighted by Crippen LogP contribution is 2.15. The Labute approximate surface area is 150 Å². The Hall–Kier alpha value is -0.990. The second-order valence-corrected chi connectivity index (χ2v) is 7.25. The highest BCUT2D eigenvalue weighted by Gasteiger charge is 2.06. The zero-order chi connectivity index (χ0) is 17.5. The molecule has 3 nitrogen and oxygen atoms in total. The third-order valence-corrected chi connectivity index (χ3v) is 4.99. The lowest BCUT2D eigenvalue weighted by molar-refractivity contribution is 0.529. The molecule has 0 spiro atoms. The fraction of sp³-hybridized carbons (Fsp3) is 0.857. The van der Waals surface area contributed by atoms with Crippen molar-refractivity contribution in [3.63, 3.8) is 0 Å². The molecule has 1 rings (SSSR count). The van der Waals surface area contributed by atoms with Crippen molar-refractivity contribution in [2.75, 3.05) is 5.73 Å². The molecular weight excluding hydrogens is 294 g/mol. The van der Waals surface area contributed by atoms with Crippen molar-refractivity contribution in [1.29, 1.82) is 0 Å². The molecule has 0 aliphatic rings. The standard InChI is InChI=1S/C21H41N3/c1-3-5-7-9-10-11-12-13-14-16-18-24-20(19-23-21(24)22)17-15-8-6-4-2/h19H,3-18H2,1-2H3,(H2,22,23). The first-order valence-corrected chi connectivity index (χ1v) is 10.6. The number of nitrogens with two attached hydrogens (primary N) is 1. The fourth-order valence-corrected chi connectivity index (χ4v) is 3.38. The average Bonchev–Trinajstić information content (AvgIpc) is 2.93. The van der Waals surface area contributed by atoms with E-state index in [0.29, 0.717) is 5.95 Å².